The third-order valence-corrected chi connectivity index (χ3v) is 3.94. The summed E-state index contributed by atoms with van der Waals surface area (Å²) in [7, 11) is 0. The first-order valence-electron chi connectivity index (χ1n) is 7.79. The number of morpholine rings is 1. The maximum absolute atomic E-state index is 12.1. The minimum absolute atomic E-state index is 0.283. The van der Waals surface area contributed by atoms with Crippen molar-refractivity contribution in [3.8, 4) is 0 Å². The molecule has 126 valence electrons. The summed E-state index contributed by atoms with van der Waals surface area (Å²) in [6, 6.07) is 10.6. The summed E-state index contributed by atoms with van der Waals surface area (Å²) in [6.45, 7) is 3.39. The highest BCUT2D eigenvalue weighted by Gasteiger charge is 2.16. The molecular formula is C17H19ClN4O2. The fourth-order valence-electron chi connectivity index (χ4n) is 2.55. The Morgan fingerprint density at radius 1 is 1.25 bits per heavy atom. The topological polar surface area (TPSA) is 66.5 Å². The molecular weight excluding hydrogens is 328 g/mol. The normalized spacial score (nSPS) is 14.3. The Morgan fingerprint density at radius 2 is 2.08 bits per heavy atom. The van der Waals surface area contributed by atoms with E-state index >= 15 is 0 Å². The molecule has 6 nitrogen and oxygen atoms in total. The number of ether oxygens (including phenoxy) is 1. The SMILES string of the molecule is O=C(NCc1cccnc1N1CCOCC1)Nc1cccc(Cl)c1. The van der Waals surface area contributed by atoms with Crippen molar-refractivity contribution in [1.29, 1.82) is 0 Å². The van der Waals surface area contributed by atoms with Crippen molar-refractivity contribution in [3.05, 3.63) is 53.2 Å². The zero-order valence-corrected chi connectivity index (χ0v) is 13.9. The monoisotopic (exact) mass is 346 g/mol. The van der Waals surface area contributed by atoms with Crippen molar-refractivity contribution in [2.45, 2.75) is 6.54 Å². The van der Waals surface area contributed by atoms with Gasteiger partial charge in [-0.15, -0.1) is 0 Å². The summed E-state index contributed by atoms with van der Waals surface area (Å²) >= 11 is 5.91. The largest absolute Gasteiger partial charge is 0.378 e. The van der Waals surface area contributed by atoms with E-state index in [-0.39, 0.29) is 6.03 Å². The standard InChI is InChI=1S/C17H19ClN4O2/c18-14-4-1-5-15(11-14)21-17(23)20-12-13-3-2-6-19-16(13)22-7-9-24-10-8-22/h1-6,11H,7-10,12H2,(H2,20,21,23). The smallest absolute Gasteiger partial charge is 0.319 e. The van der Waals surface area contributed by atoms with Crippen molar-refractivity contribution < 1.29 is 9.53 Å². The Labute approximate surface area is 145 Å². The molecule has 1 aliphatic rings. The van der Waals surface area contributed by atoms with Crippen molar-refractivity contribution in [2.75, 3.05) is 36.5 Å². The fraction of sp³-hybridized carbons (Fsp3) is 0.294. The van der Waals surface area contributed by atoms with Crippen LogP contribution in [0.1, 0.15) is 5.56 Å². The number of amides is 2. The van der Waals surface area contributed by atoms with Crippen LogP contribution in [0.2, 0.25) is 5.02 Å². The molecule has 0 bridgehead atoms. The third-order valence-electron chi connectivity index (χ3n) is 3.70. The number of aromatic nitrogens is 1. The van der Waals surface area contributed by atoms with Gasteiger partial charge >= 0.3 is 6.03 Å². The van der Waals surface area contributed by atoms with Gasteiger partial charge in [0, 0.05) is 42.1 Å². The average molecular weight is 347 g/mol. The highest BCUT2D eigenvalue weighted by molar-refractivity contribution is 6.30. The molecule has 0 atom stereocenters. The summed E-state index contributed by atoms with van der Waals surface area (Å²) in [4.78, 5) is 18.7. The van der Waals surface area contributed by atoms with Crippen LogP contribution >= 0.6 is 11.6 Å². The van der Waals surface area contributed by atoms with E-state index in [1.165, 1.54) is 0 Å². The van der Waals surface area contributed by atoms with Gasteiger partial charge in [-0.25, -0.2) is 9.78 Å². The maximum Gasteiger partial charge on any atom is 0.319 e. The highest BCUT2D eigenvalue weighted by Crippen LogP contribution is 2.18. The fourth-order valence-corrected chi connectivity index (χ4v) is 2.74. The van der Waals surface area contributed by atoms with Crippen LogP contribution < -0.4 is 15.5 Å². The molecule has 0 radical (unpaired) electrons. The molecule has 2 aromatic rings. The maximum atomic E-state index is 12.1. The third kappa shape index (κ3) is 4.37. The number of pyridine rings is 1. The number of anilines is 2. The van der Waals surface area contributed by atoms with E-state index in [2.05, 4.69) is 20.5 Å². The molecule has 2 amide bonds. The van der Waals surface area contributed by atoms with Crippen molar-refractivity contribution in [3.63, 3.8) is 0 Å². The number of halogens is 1. The van der Waals surface area contributed by atoms with Gasteiger partial charge in [0.2, 0.25) is 0 Å². The molecule has 1 saturated heterocycles. The lowest BCUT2D eigenvalue weighted by Crippen LogP contribution is -2.38. The molecule has 3 rings (SSSR count). The molecule has 24 heavy (non-hydrogen) atoms. The van der Waals surface area contributed by atoms with Crippen molar-refractivity contribution >= 4 is 29.1 Å². The molecule has 7 heteroatoms. The summed E-state index contributed by atoms with van der Waals surface area (Å²) in [5, 5.41) is 6.20. The van der Waals surface area contributed by atoms with Gasteiger partial charge in [0.05, 0.1) is 13.2 Å². The molecule has 0 aliphatic carbocycles. The minimum atomic E-state index is -0.283. The Kier molecular flexibility index (Phi) is 5.51. The van der Waals surface area contributed by atoms with E-state index in [1.807, 2.05) is 12.1 Å². The van der Waals surface area contributed by atoms with Crippen molar-refractivity contribution in [2.24, 2.45) is 0 Å². The van der Waals surface area contributed by atoms with Crippen LogP contribution in [-0.2, 0) is 11.3 Å². The van der Waals surface area contributed by atoms with E-state index < -0.39 is 0 Å². The zero-order valence-electron chi connectivity index (χ0n) is 13.2. The lowest BCUT2D eigenvalue weighted by Gasteiger charge is -2.29. The Morgan fingerprint density at radius 3 is 2.88 bits per heavy atom. The number of carbonyl (C=O) groups excluding carboxylic acids is 1. The van der Waals surface area contributed by atoms with Crippen LogP contribution in [0.5, 0.6) is 0 Å². The van der Waals surface area contributed by atoms with Crippen LogP contribution in [-0.4, -0.2) is 37.3 Å². The van der Waals surface area contributed by atoms with Crippen LogP contribution in [0.4, 0.5) is 16.3 Å². The minimum Gasteiger partial charge on any atom is -0.378 e. The van der Waals surface area contributed by atoms with Gasteiger partial charge in [0.1, 0.15) is 5.82 Å². The first kappa shape index (κ1) is 16.5. The molecule has 2 heterocycles. The number of nitrogens with zero attached hydrogens (tertiary/aromatic N) is 2. The molecule has 1 aromatic carbocycles. The molecule has 0 saturated carbocycles. The summed E-state index contributed by atoms with van der Waals surface area (Å²) in [6.07, 6.45) is 1.76. The van der Waals surface area contributed by atoms with Crippen LogP contribution in [0.25, 0.3) is 0 Å². The summed E-state index contributed by atoms with van der Waals surface area (Å²) in [5.74, 6) is 0.892. The van der Waals surface area contributed by atoms with Gasteiger partial charge in [0.25, 0.3) is 0 Å². The summed E-state index contributed by atoms with van der Waals surface area (Å²) < 4.78 is 5.38. The molecule has 1 aliphatic heterocycles. The molecule has 0 unspecified atom stereocenters. The van der Waals surface area contributed by atoms with Gasteiger partial charge < -0.3 is 20.3 Å². The predicted octanol–water partition coefficient (Wildman–Crippen LogP) is 2.89. The van der Waals surface area contributed by atoms with Gasteiger partial charge in [-0.3, -0.25) is 0 Å². The second kappa shape index (κ2) is 7.99. The Hall–Kier alpha value is -2.31. The second-order valence-corrected chi connectivity index (χ2v) is 5.84. The second-order valence-electron chi connectivity index (χ2n) is 5.40. The van der Waals surface area contributed by atoms with E-state index in [1.54, 1.807) is 30.5 Å². The van der Waals surface area contributed by atoms with Crippen LogP contribution in [0.3, 0.4) is 0 Å². The number of hydrogen-bond acceptors (Lipinski definition) is 4. The Balaban J connectivity index is 1.61. The highest BCUT2D eigenvalue weighted by atomic mass is 35.5. The first-order chi connectivity index (χ1) is 11.7. The van der Waals surface area contributed by atoms with Gasteiger partial charge in [-0.1, -0.05) is 23.7 Å². The van der Waals surface area contributed by atoms with Crippen molar-refractivity contribution in [1.82, 2.24) is 10.3 Å². The summed E-state index contributed by atoms with van der Waals surface area (Å²) in [5.41, 5.74) is 1.63. The van der Waals surface area contributed by atoms with Crippen LogP contribution in [0, 0.1) is 0 Å². The molecule has 1 fully saturated rings. The van der Waals surface area contributed by atoms with Crippen LogP contribution in [0.15, 0.2) is 42.6 Å². The van der Waals surface area contributed by atoms with E-state index in [0.29, 0.717) is 30.5 Å². The zero-order chi connectivity index (χ0) is 16.8. The first-order valence-corrected chi connectivity index (χ1v) is 8.17. The number of nitrogens with one attached hydrogen (secondary N) is 2. The number of carbonyl (C=O) groups is 1. The lowest BCUT2D eigenvalue weighted by atomic mass is 10.2. The number of rotatable bonds is 4. The Bertz CT molecular complexity index is 704. The molecule has 2 N–H and O–H groups in total. The van der Waals surface area contributed by atoms with E-state index in [0.717, 1.165) is 24.5 Å². The average Bonchev–Trinajstić information content (AvgIpc) is 2.61. The molecule has 1 aromatic heterocycles. The van der Waals surface area contributed by atoms with Gasteiger partial charge in [-0.05, 0) is 24.3 Å². The number of hydrogen-bond donors (Lipinski definition) is 2. The van der Waals surface area contributed by atoms with E-state index in [9.17, 15) is 4.79 Å². The predicted molar refractivity (Wildman–Crippen MR) is 94.6 cm³/mol. The van der Waals surface area contributed by atoms with Gasteiger partial charge in [0.15, 0.2) is 0 Å². The van der Waals surface area contributed by atoms with Gasteiger partial charge in [-0.2, -0.15) is 0 Å². The molecule has 0 spiro atoms. The van der Waals surface area contributed by atoms with E-state index in [4.69, 9.17) is 16.3 Å². The quantitative estimate of drug-likeness (QED) is 0.893. The lowest BCUT2D eigenvalue weighted by molar-refractivity contribution is 0.122. The number of benzene rings is 1. The number of urea groups is 1.